The number of carbonyl (C=O) groups excluding carboxylic acids is 2. The first kappa shape index (κ1) is 20.0. The SMILES string of the molecule is CCCC(=O)N1CCC2(CC1)SCCN2C(=O)c1ccc(C(F)(F)F)cc1. The molecule has 0 atom stereocenters. The average Bonchev–Trinajstić information content (AvgIpc) is 3.04. The number of hydrogen-bond donors (Lipinski definition) is 0. The van der Waals surface area contributed by atoms with Gasteiger partial charge in [0.15, 0.2) is 0 Å². The zero-order chi connectivity index (χ0) is 19.7. The molecular weight excluding hydrogens is 377 g/mol. The van der Waals surface area contributed by atoms with E-state index in [0.717, 1.165) is 24.3 Å². The Bertz CT molecular complexity index is 698. The van der Waals surface area contributed by atoms with Crippen LogP contribution in [0.1, 0.15) is 48.5 Å². The third-order valence-electron chi connectivity index (χ3n) is 5.24. The number of thioether (sulfide) groups is 1. The van der Waals surface area contributed by atoms with E-state index in [1.165, 1.54) is 12.1 Å². The van der Waals surface area contributed by atoms with Crippen molar-refractivity contribution in [1.82, 2.24) is 9.80 Å². The Balaban J connectivity index is 1.71. The molecule has 27 heavy (non-hydrogen) atoms. The van der Waals surface area contributed by atoms with Gasteiger partial charge in [-0.05, 0) is 43.5 Å². The van der Waals surface area contributed by atoms with Crippen molar-refractivity contribution in [3.05, 3.63) is 35.4 Å². The zero-order valence-corrected chi connectivity index (χ0v) is 16.0. The summed E-state index contributed by atoms with van der Waals surface area (Å²) >= 11 is 1.72. The lowest BCUT2D eigenvalue weighted by molar-refractivity contribution is -0.137. The van der Waals surface area contributed by atoms with Crippen LogP contribution in [0, 0.1) is 0 Å². The van der Waals surface area contributed by atoms with Crippen LogP contribution in [-0.4, -0.2) is 51.9 Å². The number of halogens is 3. The van der Waals surface area contributed by atoms with E-state index in [2.05, 4.69) is 0 Å². The largest absolute Gasteiger partial charge is 0.416 e. The molecule has 0 aliphatic carbocycles. The highest BCUT2D eigenvalue weighted by atomic mass is 32.2. The molecule has 2 fully saturated rings. The lowest BCUT2D eigenvalue weighted by atomic mass is 10.00. The molecule has 0 aromatic heterocycles. The second kappa shape index (κ2) is 7.73. The monoisotopic (exact) mass is 400 g/mol. The van der Waals surface area contributed by atoms with Crippen molar-refractivity contribution < 1.29 is 22.8 Å². The summed E-state index contributed by atoms with van der Waals surface area (Å²) in [6, 6.07) is 4.41. The third kappa shape index (κ3) is 4.10. The quantitative estimate of drug-likeness (QED) is 0.770. The highest BCUT2D eigenvalue weighted by Gasteiger charge is 2.47. The minimum absolute atomic E-state index is 0.149. The maximum absolute atomic E-state index is 13.0. The van der Waals surface area contributed by atoms with Gasteiger partial charge in [0.1, 0.15) is 0 Å². The average molecular weight is 400 g/mol. The lowest BCUT2D eigenvalue weighted by Crippen LogP contribution is -2.53. The maximum Gasteiger partial charge on any atom is 0.416 e. The van der Waals surface area contributed by atoms with Crippen molar-refractivity contribution in [1.29, 1.82) is 0 Å². The summed E-state index contributed by atoms with van der Waals surface area (Å²) in [7, 11) is 0. The van der Waals surface area contributed by atoms with Crippen LogP contribution in [0.2, 0.25) is 0 Å². The van der Waals surface area contributed by atoms with Crippen LogP contribution in [0.5, 0.6) is 0 Å². The van der Waals surface area contributed by atoms with E-state index in [9.17, 15) is 22.8 Å². The molecule has 0 N–H and O–H groups in total. The summed E-state index contributed by atoms with van der Waals surface area (Å²) in [6.45, 7) is 3.78. The number of alkyl halides is 3. The minimum Gasteiger partial charge on any atom is -0.342 e. The van der Waals surface area contributed by atoms with Crippen molar-refractivity contribution in [2.45, 2.75) is 43.7 Å². The van der Waals surface area contributed by atoms with Gasteiger partial charge in [-0.2, -0.15) is 13.2 Å². The first-order chi connectivity index (χ1) is 12.8. The van der Waals surface area contributed by atoms with Crippen LogP contribution in [0.15, 0.2) is 24.3 Å². The van der Waals surface area contributed by atoms with Crippen molar-refractivity contribution in [3.8, 4) is 0 Å². The van der Waals surface area contributed by atoms with Crippen LogP contribution in [0.4, 0.5) is 13.2 Å². The zero-order valence-electron chi connectivity index (χ0n) is 15.2. The van der Waals surface area contributed by atoms with E-state index in [0.29, 0.717) is 38.9 Å². The summed E-state index contributed by atoms with van der Waals surface area (Å²) in [4.78, 5) is 28.3. The Morgan fingerprint density at radius 3 is 2.30 bits per heavy atom. The number of benzene rings is 1. The van der Waals surface area contributed by atoms with Crippen LogP contribution >= 0.6 is 11.8 Å². The number of piperidine rings is 1. The highest BCUT2D eigenvalue weighted by Crippen LogP contribution is 2.44. The molecule has 0 bridgehead atoms. The summed E-state index contributed by atoms with van der Waals surface area (Å²) in [5.74, 6) is 0.716. The number of amides is 2. The van der Waals surface area contributed by atoms with E-state index in [4.69, 9.17) is 0 Å². The summed E-state index contributed by atoms with van der Waals surface area (Å²) in [6.07, 6.45) is -1.68. The van der Waals surface area contributed by atoms with Crippen molar-refractivity contribution in [2.75, 3.05) is 25.4 Å². The molecule has 0 radical (unpaired) electrons. The Kier molecular flexibility index (Phi) is 5.74. The molecule has 8 heteroatoms. The van der Waals surface area contributed by atoms with Gasteiger partial charge in [-0.15, -0.1) is 11.8 Å². The summed E-state index contributed by atoms with van der Waals surface area (Å²) in [5.41, 5.74) is -0.485. The van der Waals surface area contributed by atoms with Gasteiger partial charge in [0.25, 0.3) is 5.91 Å². The molecule has 4 nitrogen and oxygen atoms in total. The van der Waals surface area contributed by atoms with Gasteiger partial charge < -0.3 is 9.80 Å². The molecular formula is C19H23F3N2O2S. The second-order valence-electron chi connectivity index (χ2n) is 6.96. The molecule has 148 valence electrons. The fourth-order valence-corrected chi connectivity index (χ4v) is 5.20. The molecule has 2 aliphatic rings. The van der Waals surface area contributed by atoms with E-state index in [1.54, 1.807) is 16.7 Å². The van der Waals surface area contributed by atoms with Crippen LogP contribution in [-0.2, 0) is 11.0 Å². The number of nitrogens with zero attached hydrogens (tertiary/aromatic N) is 2. The number of rotatable bonds is 3. The van der Waals surface area contributed by atoms with Crippen molar-refractivity contribution in [2.24, 2.45) is 0 Å². The molecule has 2 saturated heterocycles. The van der Waals surface area contributed by atoms with Crippen LogP contribution in [0.3, 0.4) is 0 Å². The first-order valence-corrected chi connectivity index (χ1v) is 10.2. The number of carbonyl (C=O) groups is 2. The van der Waals surface area contributed by atoms with Crippen molar-refractivity contribution >= 4 is 23.6 Å². The van der Waals surface area contributed by atoms with Crippen molar-refractivity contribution in [3.63, 3.8) is 0 Å². The van der Waals surface area contributed by atoms with Gasteiger partial charge in [0, 0.05) is 37.4 Å². The molecule has 2 heterocycles. The van der Waals surface area contributed by atoms with Crippen LogP contribution in [0.25, 0.3) is 0 Å². The smallest absolute Gasteiger partial charge is 0.342 e. The molecule has 2 aliphatic heterocycles. The summed E-state index contributed by atoms with van der Waals surface area (Å²) in [5, 5.41) is 0. The fraction of sp³-hybridized carbons (Fsp3) is 0.579. The van der Waals surface area contributed by atoms with Gasteiger partial charge in [0.05, 0.1) is 10.4 Å². The molecule has 1 aromatic rings. The molecule has 1 aromatic carbocycles. The Hall–Kier alpha value is -1.70. The fourth-order valence-electron chi connectivity index (χ4n) is 3.74. The molecule has 2 amide bonds. The van der Waals surface area contributed by atoms with E-state index in [-0.39, 0.29) is 22.2 Å². The first-order valence-electron chi connectivity index (χ1n) is 9.18. The number of likely N-dealkylation sites (tertiary alicyclic amines) is 1. The van der Waals surface area contributed by atoms with Crippen LogP contribution < -0.4 is 0 Å². The third-order valence-corrected chi connectivity index (χ3v) is 6.80. The lowest BCUT2D eigenvalue weighted by Gasteiger charge is -2.44. The van der Waals surface area contributed by atoms with Gasteiger partial charge >= 0.3 is 6.18 Å². The Morgan fingerprint density at radius 1 is 1.11 bits per heavy atom. The molecule has 3 rings (SSSR count). The van der Waals surface area contributed by atoms with E-state index < -0.39 is 11.7 Å². The Labute approximate surface area is 161 Å². The highest BCUT2D eigenvalue weighted by molar-refractivity contribution is 8.00. The van der Waals surface area contributed by atoms with Gasteiger partial charge in [-0.25, -0.2) is 0 Å². The minimum atomic E-state index is -4.41. The van der Waals surface area contributed by atoms with E-state index >= 15 is 0 Å². The maximum atomic E-state index is 13.0. The molecule has 0 saturated carbocycles. The second-order valence-corrected chi connectivity index (χ2v) is 8.41. The number of hydrogen-bond acceptors (Lipinski definition) is 3. The predicted molar refractivity (Wildman–Crippen MR) is 98.4 cm³/mol. The summed E-state index contributed by atoms with van der Waals surface area (Å²) < 4.78 is 38.2. The van der Waals surface area contributed by atoms with Gasteiger partial charge in [-0.3, -0.25) is 9.59 Å². The molecule has 1 spiro atoms. The Morgan fingerprint density at radius 2 is 1.74 bits per heavy atom. The topological polar surface area (TPSA) is 40.6 Å². The standard InChI is InChI=1S/C19H23F3N2O2S/c1-2-3-16(25)23-10-8-18(9-11-23)24(12-13-27-18)17(26)14-4-6-15(7-5-14)19(20,21)22/h4-7H,2-3,8-13H2,1H3. The van der Waals surface area contributed by atoms with Gasteiger partial charge in [0.2, 0.25) is 5.91 Å². The van der Waals surface area contributed by atoms with E-state index in [1.807, 2.05) is 11.8 Å². The van der Waals surface area contributed by atoms with Gasteiger partial charge in [-0.1, -0.05) is 6.92 Å². The normalized spacial score (nSPS) is 19.6. The predicted octanol–water partition coefficient (Wildman–Crippen LogP) is 4.01. The molecule has 0 unspecified atom stereocenters.